The minimum atomic E-state index is 1.16. The van der Waals surface area contributed by atoms with Crippen molar-refractivity contribution >= 4 is 43.4 Å². The lowest BCUT2D eigenvalue weighted by atomic mass is 9.85. The Balaban J connectivity index is 1.25. The minimum absolute atomic E-state index is 1.16. The average molecular weight is 648 g/mol. The van der Waals surface area contributed by atoms with Crippen LogP contribution >= 0.6 is 0 Å². The number of para-hydroxylation sites is 1. The van der Waals surface area contributed by atoms with Gasteiger partial charge in [0.2, 0.25) is 0 Å². The van der Waals surface area contributed by atoms with Gasteiger partial charge in [0.1, 0.15) is 0 Å². The summed E-state index contributed by atoms with van der Waals surface area (Å²) in [6.07, 6.45) is 0. The first-order valence-corrected chi connectivity index (χ1v) is 17.6. The average Bonchev–Trinajstić information content (AvgIpc) is 3.54. The molecule has 0 radical (unpaired) electrons. The lowest BCUT2D eigenvalue weighted by Gasteiger charge is -2.18. The van der Waals surface area contributed by atoms with Crippen LogP contribution in [0.25, 0.3) is 93.5 Å². The summed E-state index contributed by atoms with van der Waals surface area (Å²) >= 11 is 0. The predicted molar refractivity (Wildman–Crippen MR) is 218 cm³/mol. The lowest BCUT2D eigenvalue weighted by molar-refractivity contribution is 1.18. The van der Waals surface area contributed by atoms with Crippen LogP contribution in [0.5, 0.6) is 0 Å². The molecule has 0 aliphatic rings. The van der Waals surface area contributed by atoms with E-state index >= 15 is 0 Å². The van der Waals surface area contributed by atoms with E-state index in [1.807, 2.05) is 0 Å². The van der Waals surface area contributed by atoms with Crippen LogP contribution in [-0.4, -0.2) is 4.57 Å². The molecule has 1 aromatic heterocycles. The van der Waals surface area contributed by atoms with Gasteiger partial charge in [-0.05, 0) is 109 Å². The van der Waals surface area contributed by atoms with Gasteiger partial charge in [-0.2, -0.15) is 0 Å². The van der Waals surface area contributed by atoms with Gasteiger partial charge in [0, 0.05) is 16.5 Å². The first kappa shape index (κ1) is 29.2. The van der Waals surface area contributed by atoms with Crippen molar-refractivity contribution in [1.82, 2.24) is 4.57 Å². The number of fused-ring (bicyclic) bond motifs is 5. The molecule has 238 valence electrons. The second-order valence-electron chi connectivity index (χ2n) is 13.3. The fourth-order valence-electron chi connectivity index (χ4n) is 8.06. The SMILES string of the molecule is c1ccc(-c2ccc3c(c2)c2cc(-c4ccc5c(-c6ccccc6)c6ccccc6c(-c6ccccc6)c5c4)ccc2n3-c2ccccc2)cc1. The van der Waals surface area contributed by atoms with Crippen molar-refractivity contribution in [3.05, 3.63) is 200 Å². The molecule has 0 aliphatic carbocycles. The van der Waals surface area contributed by atoms with Gasteiger partial charge in [0.15, 0.2) is 0 Å². The second-order valence-corrected chi connectivity index (χ2v) is 13.3. The van der Waals surface area contributed by atoms with Gasteiger partial charge in [0.25, 0.3) is 0 Å². The van der Waals surface area contributed by atoms with Crippen LogP contribution in [0.15, 0.2) is 200 Å². The molecule has 0 unspecified atom stereocenters. The van der Waals surface area contributed by atoms with E-state index in [9.17, 15) is 0 Å². The van der Waals surface area contributed by atoms with Crippen molar-refractivity contribution in [3.63, 3.8) is 0 Å². The maximum Gasteiger partial charge on any atom is 0.0541 e. The Labute approximate surface area is 297 Å². The fourth-order valence-corrected chi connectivity index (χ4v) is 8.06. The molecule has 0 bridgehead atoms. The van der Waals surface area contributed by atoms with Gasteiger partial charge < -0.3 is 4.57 Å². The van der Waals surface area contributed by atoms with Crippen LogP contribution in [0.3, 0.4) is 0 Å². The largest absolute Gasteiger partial charge is 0.309 e. The number of benzene rings is 9. The monoisotopic (exact) mass is 647 g/mol. The summed E-state index contributed by atoms with van der Waals surface area (Å²) in [5, 5.41) is 7.55. The van der Waals surface area contributed by atoms with Gasteiger partial charge in [-0.1, -0.05) is 158 Å². The molecule has 10 aromatic rings. The van der Waals surface area contributed by atoms with E-state index in [4.69, 9.17) is 0 Å². The van der Waals surface area contributed by atoms with Crippen molar-refractivity contribution in [2.24, 2.45) is 0 Å². The van der Waals surface area contributed by atoms with Crippen LogP contribution in [0.1, 0.15) is 0 Å². The highest BCUT2D eigenvalue weighted by Gasteiger charge is 2.19. The van der Waals surface area contributed by atoms with Crippen LogP contribution in [-0.2, 0) is 0 Å². The van der Waals surface area contributed by atoms with Crippen molar-refractivity contribution in [2.45, 2.75) is 0 Å². The van der Waals surface area contributed by atoms with E-state index in [1.165, 1.54) is 87.9 Å². The first-order chi connectivity index (χ1) is 25.3. The molecule has 0 amide bonds. The Kier molecular flexibility index (Phi) is 6.89. The Morgan fingerprint density at radius 3 is 1.14 bits per heavy atom. The van der Waals surface area contributed by atoms with E-state index in [1.54, 1.807) is 0 Å². The zero-order valence-electron chi connectivity index (χ0n) is 28.0. The van der Waals surface area contributed by atoms with Gasteiger partial charge in [-0.25, -0.2) is 0 Å². The van der Waals surface area contributed by atoms with E-state index < -0.39 is 0 Å². The molecule has 0 saturated heterocycles. The van der Waals surface area contributed by atoms with Crippen LogP contribution in [0.2, 0.25) is 0 Å². The molecule has 51 heavy (non-hydrogen) atoms. The van der Waals surface area contributed by atoms with E-state index in [-0.39, 0.29) is 0 Å². The number of hydrogen-bond acceptors (Lipinski definition) is 0. The zero-order chi connectivity index (χ0) is 33.7. The van der Waals surface area contributed by atoms with E-state index in [0.717, 1.165) is 5.69 Å². The van der Waals surface area contributed by atoms with Crippen LogP contribution < -0.4 is 0 Å². The molecule has 0 N–H and O–H groups in total. The Morgan fingerprint density at radius 2 is 0.608 bits per heavy atom. The van der Waals surface area contributed by atoms with E-state index in [0.29, 0.717) is 0 Å². The maximum absolute atomic E-state index is 2.42. The van der Waals surface area contributed by atoms with Crippen LogP contribution in [0, 0.1) is 0 Å². The lowest BCUT2D eigenvalue weighted by Crippen LogP contribution is -1.93. The first-order valence-electron chi connectivity index (χ1n) is 17.6. The Bertz CT molecular complexity index is 2870. The third-order valence-electron chi connectivity index (χ3n) is 10.4. The van der Waals surface area contributed by atoms with Crippen molar-refractivity contribution in [3.8, 4) is 50.2 Å². The van der Waals surface area contributed by atoms with Crippen molar-refractivity contribution in [1.29, 1.82) is 0 Å². The Hall–Kier alpha value is -6.70. The van der Waals surface area contributed by atoms with Crippen molar-refractivity contribution < 1.29 is 0 Å². The standard InChI is InChI=1S/C50H33N/c1-5-15-34(16-6-1)37-26-29-47-44(31-37)45-32-39(27-30-48(45)51(47)40-21-11-4-12-22-40)38-25-28-43-46(33-38)50(36-19-9-3-10-20-36)42-24-14-13-23-41(42)49(43)35-17-7-2-8-18-35/h1-33H. The molecule has 9 aromatic carbocycles. The molecule has 1 heteroatoms. The fraction of sp³-hybridized carbons (Fsp3) is 0. The molecule has 10 rings (SSSR count). The summed E-state index contributed by atoms with van der Waals surface area (Å²) in [4.78, 5) is 0. The summed E-state index contributed by atoms with van der Waals surface area (Å²) in [6.45, 7) is 0. The predicted octanol–water partition coefficient (Wildman–Crippen LogP) is 13.8. The van der Waals surface area contributed by atoms with Crippen LogP contribution in [0.4, 0.5) is 0 Å². The van der Waals surface area contributed by atoms with Gasteiger partial charge in [-0.15, -0.1) is 0 Å². The molecular weight excluding hydrogens is 615 g/mol. The quantitative estimate of drug-likeness (QED) is 0.164. The number of nitrogens with zero attached hydrogens (tertiary/aromatic N) is 1. The molecule has 1 heterocycles. The summed E-state index contributed by atoms with van der Waals surface area (Å²) in [5.74, 6) is 0. The molecule has 0 aliphatic heterocycles. The van der Waals surface area contributed by atoms with Gasteiger partial charge in [-0.3, -0.25) is 0 Å². The number of aromatic nitrogens is 1. The van der Waals surface area contributed by atoms with Gasteiger partial charge >= 0.3 is 0 Å². The third kappa shape index (κ3) is 4.86. The highest BCUT2D eigenvalue weighted by atomic mass is 15.0. The highest BCUT2D eigenvalue weighted by Crippen LogP contribution is 2.45. The smallest absolute Gasteiger partial charge is 0.0541 e. The highest BCUT2D eigenvalue weighted by molar-refractivity contribution is 6.22. The molecule has 0 spiro atoms. The molecule has 1 nitrogen and oxygen atoms in total. The Morgan fingerprint density at radius 1 is 0.235 bits per heavy atom. The second kappa shape index (κ2) is 12.0. The third-order valence-corrected chi connectivity index (χ3v) is 10.4. The number of rotatable bonds is 5. The minimum Gasteiger partial charge on any atom is -0.309 e. The summed E-state index contributed by atoms with van der Waals surface area (Å²) in [5.41, 5.74) is 13.4. The van der Waals surface area contributed by atoms with E-state index in [2.05, 4.69) is 205 Å². The van der Waals surface area contributed by atoms with Gasteiger partial charge in [0.05, 0.1) is 11.0 Å². The zero-order valence-corrected chi connectivity index (χ0v) is 28.0. The molecule has 0 fully saturated rings. The normalized spacial score (nSPS) is 11.5. The number of hydrogen-bond donors (Lipinski definition) is 0. The molecule has 0 atom stereocenters. The summed E-state index contributed by atoms with van der Waals surface area (Å²) in [7, 11) is 0. The topological polar surface area (TPSA) is 4.93 Å². The van der Waals surface area contributed by atoms with Crippen molar-refractivity contribution in [2.75, 3.05) is 0 Å². The summed E-state index contributed by atoms with van der Waals surface area (Å²) in [6, 6.07) is 72.9. The molecular formula is C50H33N. The summed E-state index contributed by atoms with van der Waals surface area (Å²) < 4.78 is 2.40. The molecule has 0 saturated carbocycles. The maximum atomic E-state index is 2.42.